The van der Waals surface area contributed by atoms with Crippen LogP contribution in [0.25, 0.3) is 10.8 Å². The van der Waals surface area contributed by atoms with E-state index in [-0.39, 0.29) is 12.5 Å². The maximum absolute atomic E-state index is 12.0. The predicted molar refractivity (Wildman–Crippen MR) is 101 cm³/mol. The largest absolute Gasteiger partial charge is 0.496 e. The molecule has 2 N–H and O–H groups in total. The fourth-order valence-corrected chi connectivity index (χ4v) is 2.54. The Hall–Kier alpha value is -3.34. The summed E-state index contributed by atoms with van der Waals surface area (Å²) in [6.07, 6.45) is 1.56. The highest BCUT2D eigenvalue weighted by Gasteiger charge is 2.03. The monoisotopic (exact) mass is 333 g/mol. The van der Waals surface area contributed by atoms with Gasteiger partial charge in [0.05, 0.1) is 19.9 Å². The number of hydrogen-bond acceptors (Lipinski definition) is 4. The summed E-state index contributed by atoms with van der Waals surface area (Å²) >= 11 is 0. The van der Waals surface area contributed by atoms with Crippen molar-refractivity contribution in [1.82, 2.24) is 5.43 Å². The first-order valence-corrected chi connectivity index (χ1v) is 7.94. The van der Waals surface area contributed by atoms with E-state index in [1.165, 1.54) is 0 Å². The standard InChI is InChI=1S/C20H19N3O2/c1-25-19-12-5-3-8-16(19)13-22-23-20(24)14-21-18-11-6-9-15-7-2-4-10-17(15)18/h2-13,21H,14H2,1H3,(H,23,24)/b22-13-. The predicted octanol–water partition coefficient (Wildman–Crippen LogP) is 3.41. The molecule has 0 bridgehead atoms. The third-order valence-electron chi connectivity index (χ3n) is 3.76. The minimum absolute atomic E-state index is 0.136. The zero-order valence-electron chi connectivity index (χ0n) is 13.9. The van der Waals surface area contributed by atoms with Gasteiger partial charge in [-0.1, -0.05) is 48.5 Å². The van der Waals surface area contributed by atoms with E-state index < -0.39 is 0 Å². The molecule has 5 nitrogen and oxygen atoms in total. The van der Waals surface area contributed by atoms with Gasteiger partial charge in [0.1, 0.15) is 5.75 Å². The summed E-state index contributed by atoms with van der Waals surface area (Å²) in [5.74, 6) is 0.480. The second-order valence-electron chi connectivity index (χ2n) is 5.42. The van der Waals surface area contributed by atoms with Crippen molar-refractivity contribution in [3.63, 3.8) is 0 Å². The number of nitrogens with one attached hydrogen (secondary N) is 2. The first kappa shape index (κ1) is 16.5. The van der Waals surface area contributed by atoms with E-state index in [0.29, 0.717) is 5.75 Å². The van der Waals surface area contributed by atoms with Gasteiger partial charge in [-0.25, -0.2) is 5.43 Å². The first-order valence-electron chi connectivity index (χ1n) is 7.94. The summed E-state index contributed by atoms with van der Waals surface area (Å²) in [6, 6.07) is 21.4. The van der Waals surface area contributed by atoms with Crippen LogP contribution in [0, 0.1) is 0 Å². The molecule has 0 fully saturated rings. The van der Waals surface area contributed by atoms with Gasteiger partial charge in [-0.05, 0) is 23.6 Å². The lowest BCUT2D eigenvalue weighted by molar-refractivity contribution is -0.119. The highest BCUT2D eigenvalue weighted by molar-refractivity contribution is 5.95. The normalized spacial score (nSPS) is 10.8. The molecule has 0 unspecified atom stereocenters. The van der Waals surface area contributed by atoms with Crippen molar-refractivity contribution in [3.8, 4) is 5.75 Å². The lowest BCUT2D eigenvalue weighted by Crippen LogP contribution is -2.25. The molecule has 0 aliphatic heterocycles. The SMILES string of the molecule is COc1ccccc1/C=N\NC(=O)CNc1cccc2ccccc12. The average molecular weight is 333 g/mol. The number of fused-ring (bicyclic) bond motifs is 1. The average Bonchev–Trinajstić information content (AvgIpc) is 2.66. The maximum atomic E-state index is 12.0. The molecule has 0 atom stereocenters. The molecule has 0 spiro atoms. The molecule has 1 amide bonds. The summed E-state index contributed by atoms with van der Waals surface area (Å²) < 4.78 is 5.23. The smallest absolute Gasteiger partial charge is 0.259 e. The molecule has 0 saturated carbocycles. The van der Waals surface area contributed by atoms with Crippen molar-refractivity contribution < 1.29 is 9.53 Å². The van der Waals surface area contributed by atoms with Gasteiger partial charge < -0.3 is 10.1 Å². The van der Waals surface area contributed by atoms with E-state index in [1.807, 2.05) is 66.7 Å². The fraction of sp³-hybridized carbons (Fsp3) is 0.100. The highest BCUT2D eigenvalue weighted by Crippen LogP contribution is 2.22. The molecule has 25 heavy (non-hydrogen) atoms. The van der Waals surface area contributed by atoms with Crippen LogP contribution in [-0.2, 0) is 4.79 Å². The Morgan fingerprint density at radius 1 is 1.04 bits per heavy atom. The molecule has 0 radical (unpaired) electrons. The van der Waals surface area contributed by atoms with Crippen molar-refractivity contribution >= 4 is 28.6 Å². The van der Waals surface area contributed by atoms with E-state index in [9.17, 15) is 4.79 Å². The Balaban J connectivity index is 1.59. The van der Waals surface area contributed by atoms with Gasteiger partial charge in [-0.15, -0.1) is 0 Å². The van der Waals surface area contributed by atoms with E-state index in [1.54, 1.807) is 13.3 Å². The van der Waals surface area contributed by atoms with Crippen LogP contribution in [0.1, 0.15) is 5.56 Å². The quantitative estimate of drug-likeness (QED) is 0.537. The lowest BCUT2D eigenvalue weighted by atomic mass is 10.1. The van der Waals surface area contributed by atoms with E-state index in [2.05, 4.69) is 15.8 Å². The van der Waals surface area contributed by atoms with Gasteiger partial charge in [0.15, 0.2) is 0 Å². The number of anilines is 1. The van der Waals surface area contributed by atoms with E-state index in [0.717, 1.165) is 22.0 Å². The molecule has 126 valence electrons. The Kier molecular flexibility index (Phi) is 5.26. The third-order valence-corrected chi connectivity index (χ3v) is 3.76. The number of ether oxygens (including phenoxy) is 1. The summed E-state index contributed by atoms with van der Waals surface area (Å²) in [7, 11) is 1.60. The number of amides is 1. The number of benzene rings is 3. The maximum Gasteiger partial charge on any atom is 0.259 e. The third kappa shape index (κ3) is 4.14. The Morgan fingerprint density at radius 3 is 2.68 bits per heavy atom. The zero-order chi connectivity index (χ0) is 17.5. The molecule has 0 saturated heterocycles. The zero-order valence-corrected chi connectivity index (χ0v) is 13.9. The second kappa shape index (κ2) is 7.97. The topological polar surface area (TPSA) is 62.7 Å². The van der Waals surface area contributed by atoms with E-state index in [4.69, 9.17) is 4.74 Å². The molecule has 0 aromatic heterocycles. The van der Waals surface area contributed by atoms with Crippen LogP contribution in [-0.4, -0.2) is 25.8 Å². The van der Waals surface area contributed by atoms with E-state index >= 15 is 0 Å². The lowest BCUT2D eigenvalue weighted by Gasteiger charge is -2.09. The second-order valence-corrected chi connectivity index (χ2v) is 5.42. The minimum Gasteiger partial charge on any atom is -0.496 e. The first-order chi connectivity index (χ1) is 12.3. The van der Waals surface area contributed by atoms with Crippen molar-refractivity contribution in [2.45, 2.75) is 0 Å². The number of para-hydroxylation sites is 1. The van der Waals surface area contributed by atoms with Crippen molar-refractivity contribution in [1.29, 1.82) is 0 Å². The van der Waals surface area contributed by atoms with Gasteiger partial charge >= 0.3 is 0 Å². The Labute approximate surface area is 146 Å². The summed E-state index contributed by atoms with van der Waals surface area (Å²) in [6.45, 7) is 0.136. The number of hydrogen-bond donors (Lipinski definition) is 2. The van der Waals surface area contributed by atoms with Crippen LogP contribution < -0.4 is 15.5 Å². The number of hydrazone groups is 1. The van der Waals surface area contributed by atoms with Gasteiger partial charge in [0.2, 0.25) is 0 Å². The van der Waals surface area contributed by atoms with Gasteiger partial charge in [0, 0.05) is 16.6 Å². The molecule has 0 aliphatic rings. The summed E-state index contributed by atoms with van der Waals surface area (Å²) in [5, 5.41) is 9.33. The summed E-state index contributed by atoms with van der Waals surface area (Å²) in [4.78, 5) is 12.0. The molecule has 3 aromatic carbocycles. The number of rotatable bonds is 6. The Bertz CT molecular complexity index is 901. The van der Waals surface area contributed by atoms with Crippen LogP contribution in [0.2, 0.25) is 0 Å². The fourth-order valence-electron chi connectivity index (χ4n) is 2.54. The number of carbonyl (C=O) groups is 1. The van der Waals surface area contributed by atoms with Gasteiger partial charge in [-0.2, -0.15) is 5.10 Å². The summed E-state index contributed by atoms with van der Waals surface area (Å²) in [5.41, 5.74) is 4.23. The number of carbonyl (C=O) groups excluding carboxylic acids is 1. The molecule has 5 heteroatoms. The van der Waals surface area contributed by atoms with Crippen LogP contribution >= 0.6 is 0 Å². The van der Waals surface area contributed by atoms with Gasteiger partial charge in [-0.3, -0.25) is 4.79 Å². The number of methoxy groups -OCH3 is 1. The van der Waals surface area contributed by atoms with Crippen LogP contribution in [0.4, 0.5) is 5.69 Å². The molecule has 3 aromatic rings. The van der Waals surface area contributed by atoms with Gasteiger partial charge in [0.25, 0.3) is 5.91 Å². The van der Waals surface area contributed by atoms with Crippen molar-refractivity contribution in [3.05, 3.63) is 72.3 Å². The molecular weight excluding hydrogens is 314 g/mol. The number of nitrogens with zero attached hydrogens (tertiary/aromatic N) is 1. The van der Waals surface area contributed by atoms with Crippen molar-refractivity contribution in [2.75, 3.05) is 19.0 Å². The Morgan fingerprint density at radius 2 is 1.80 bits per heavy atom. The molecule has 3 rings (SSSR count). The van der Waals surface area contributed by atoms with Crippen LogP contribution in [0.3, 0.4) is 0 Å². The molecular formula is C20H19N3O2. The van der Waals surface area contributed by atoms with Crippen LogP contribution in [0.15, 0.2) is 71.8 Å². The van der Waals surface area contributed by atoms with Crippen LogP contribution in [0.5, 0.6) is 5.75 Å². The molecule has 0 aliphatic carbocycles. The minimum atomic E-state index is -0.223. The highest BCUT2D eigenvalue weighted by atomic mass is 16.5. The van der Waals surface area contributed by atoms with Crippen molar-refractivity contribution in [2.24, 2.45) is 5.10 Å². The molecule has 0 heterocycles.